The first-order valence-corrected chi connectivity index (χ1v) is 10.5. The molecular formula is C21H31ClN2O4. The van der Waals surface area contributed by atoms with Gasteiger partial charge in [-0.1, -0.05) is 11.6 Å². The molecule has 2 saturated heterocycles. The van der Waals surface area contributed by atoms with Crippen molar-refractivity contribution in [3.63, 3.8) is 0 Å². The lowest BCUT2D eigenvalue weighted by atomic mass is 9.73. The SMILES string of the molecule is CCN(CC1CCCO1)C(=O)NCC1(c2cc(Cl)ccc2OC)CCOCC1. The normalized spacial score (nSPS) is 21.3. The van der Waals surface area contributed by atoms with Crippen molar-refractivity contribution in [1.82, 2.24) is 10.2 Å². The van der Waals surface area contributed by atoms with Crippen LogP contribution in [0.5, 0.6) is 5.75 Å². The molecule has 0 spiro atoms. The van der Waals surface area contributed by atoms with Gasteiger partial charge in [-0.15, -0.1) is 0 Å². The Morgan fingerprint density at radius 3 is 2.79 bits per heavy atom. The standard InChI is InChI=1S/C21H31ClN2O4/c1-3-24(14-17-5-4-10-28-17)20(25)23-15-21(8-11-27-12-9-21)18-13-16(22)6-7-19(18)26-2/h6-7,13,17H,3-5,8-12,14-15H2,1-2H3,(H,23,25). The highest BCUT2D eigenvalue weighted by atomic mass is 35.5. The van der Waals surface area contributed by atoms with E-state index in [0.29, 0.717) is 37.9 Å². The average molecular weight is 411 g/mol. The Kier molecular flexibility index (Phi) is 7.43. The topological polar surface area (TPSA) is 60.0 Å². The maximum absolute atomic E-state index is 12.9. The Bertz CT molecular complexity index is 658. The van der Waals surface area contributed by atoms with Gasteiger partial charge in [-0.3, -0.25) is 0 Å². The van der Waals surface area contributed by atoms with Gasteiger partial charge in [-0.2, -0.15) is 0 Å². The number of hydrogen-bond acceptors (Lipinski definition) is 4. The monoisotopic (exact) mass is 410 g/mol. The largest absolute Gasteiger partial charge is 0.496 e. The van der Waals surface area contributed by atoms with Crippen molar-refractivity contribution in [2.24, 2.45) is 0 Å². The molecule has 0 bridgehead atoms. The maximum Gasteiger partial charge on any atom is 0.317 e. The van der Waals surface area contributed by atoms with Crippen molar-refractivity contribution >= 4 is 17.6 Å². The fraction of sp³-hybridized carbons (Fsp3) is 0.667. The third-order valence-corrected chi connectivity index (χ3v) is 6.11. The first kappa shape index (κ1) is 21.2. The molecule has 2 aliphatic heterocycles. The number of nitrogens with zero attached hydrogens (tertiary/aromatic N) is 1. The van der Waals surface area contributed by atoms with Gasteiger partial charge in [-0.25, -0.2) is 4.79 Å². The van der Waals surface area contributed by atoms with Gasteiger partial charge in [0, 0.05) is 55.5 Å². The van der Waals surface area contributed by atoms with Crippen molar-refractivity contribution in [2.75, 3.05) is 46.6 Å². The van der Waals surface area contributed by atoms with Crippen LogP contribution in [0, 0.1) is 0 Å². The molecule has 2 aliphatic rings. The molecule has 3 rings (SSSR count). The summed E-state index contributed by atoms with van der Waals surface area (Å²) >= 11 is 6.29. The Morgan fingerprint density at radius 1 is 1.36 bits per heavy atom. The van der Waals surface area contributed by atoms with Crippen LogP contribution in [0.2, 0.25) is 5.02 Å². The lowest BCUT2D eigenvalue weighted by Gasteiger charge is -2.39. The van der Waals surface area contributed by atoms with Crippen LogP contribution >= 0.6 is 11.6 Å². The third-order valence-electron chi connectivity index (χ3n) is 5.88. The summed E-state index contributed by atoms with van der Waals surface area (Å²) in [5, 5.41) is 3.83. The van der Waals surface area contributed by atoms with Crippen molar-refractivity contribution in [3.8, 4) is 5.75 Å². The van der Waals surface area contributed by atoms with E-state index < -0.39 is 0 Å². The Hall–Kier alpha value is -1.50. The second-order valence-electron chi connectivity index (χ2n) is 7.57. The van der Waals surface area contributed by atoms with E-state index >= 15 is 0 Å². The number of carbonyl (C=O) groups excluding carboxylic acids is 1. The first-order chi connectivity index (χ1) is 13.6. The Balaban J connectivity index is 1.73. The molecule has 1 unspecified atom stereocenters. The molecule has 2 amide bonds. The van der Waals surface area contributed by atoms with Gasteiger partial charge in [0.2, 0.25) is 0 Å². The molecule has 7 heteroatoms. The number of halogens is 1. The maximum atomic E-state index is 12.9. The van der Waals surface area contributed by atoms with Crippen molar-refractivity contribution in [3.05, 3.63) is 28.8 Å². The molecule has 0 aromatic heterocycles. The second kappa shape index (κ2) is 9.81. The number of likely N-dealkylation sites (N-methyl/N-ethyl adjacent to an activating group) is 1. The minimum Gasteiger partial charge on any atom is -0.496 e. The molecule has 1 N–H and O–H groups in total. The van der Waals surface area contributed by atoms with Crippen LogP contribution in [0.15, 0.2) is 18.2 Å². The Morgan fingerprint density at radius 2 is 2.14 bits per heavy atom. The molecule has 2 heterocycles. The highest BCUT2D eigenvalue weighted by Gasteiger charge is 2.38. The van der Waals surface area contributed by atoms with E-state index in [1.165, 1.54) is 0 Å². The van der Waals surface area contributed by atoms with E-state index in [4.69, 9.17) is 25.8 Å². The molecule has 0 radical (unpaired) electrons. The number of benzene rings is 1. The minimum atomic E-state index is -0.257. The van der Waals surface area contributed by atoms with Gasteiger partial charge < -0.3 is 24.4 Å². The van der Waals surface area contributed by atoms with Crippen LogP contribution in [0.4, 0.5) is 4.79 Å². The van der Waals surface area contributed by atoms with E-state index in [-0.39, 0.29) is 17.6 Å². The van der Waals surface area contributed by atoms with Gasteiger partial charge in [0.1, 0.15) is 5.75 Å². The molecule has 1 atom stereocenters. The smallest absolute Gasteiger partial charge is 0.317 e. The zero-order chi connectivity index (χ0) is 20.0. The van der Waals surface area contributed by atoms with E-state index in [1.54, 1.807) is 7.11 Å². The number of carbonyl (C=O) groups is 1. The predicted octanol–water partition coefficient (Wildman–Crippen LogP) is 3.61. The van der Waals surface area contributed by atoms with Gasteiger partial charge in [0.05, 0.1) is 13.2 Å². The third kappa shape index (κ3) is 4.91. The second-order valence-corrected chi connectivity index (χ2v) is 8.01. The Labute approximate surface area is 172 Å². The van der Waals surface area contributed by atoms with Gasteiger partial charge in [-0.05, 0) is 50.8 Å². The molecule has 2 fully saturated rings. The van der Waals surface area contributed by atoms with Crippen molar-refractivity contribution in [1.29, 1.82) is 0 Å². The summed E-state index contributed by atoms with van der Waals surface area (Å²) in [6.45, 7) is 5.91. The van der Waals surface area contributed by atoms with Gasteiger partial charge in [0.15, 0.2) is 0 Å². The number of nitrogens with one attached hydrogen (secondary N) is 1. The lowest BCUT2D eigenvalue weighted by molar-refractivity contribution is 0.0485. The minimum absolute atomic E-state index is 0.0511. The molecule has 0 aliphatic carbocycles. The van der Waals surface area contributed by atoms with E-state index in [1.807, 2.05) is 30.0 Å². The number of methoxy groups -OCH3 is 1. The number of ether oxygens (including phenoxy) is 3. The molecule has 1 aromatic carbocycles. The number of amides is 2. The zero-order valence-electron chi connectivity index (χ0n) is 16.8. The van der Waals surface area contributed by atoms with Crippen LogP contribution < -0.4 is 10.1 Å². The van der Waals surface area contributed by atoms with Crippen LogP contribution in [-0.4, -0.2) is 63.6 Å². The van der Waals surface area contributed by atoms with Crippen molar-refractivity contribution in [2.45, 2.75) is 44.1 Å². The van der Waals surface area contributed by atoms with Crippen LogP contribution in [0.3, 0.4) is 0 Å². The van der Waals surface area contributed by atoms with E-state index in [2.05, 4.69) is 5.32 Å². The molecule has 28 heavy (non-hydrogen) atoms. The summed E-state index contributed by atoms with van der Waals surface area (Å²) in [6, 6.07) is 5.63. The fourth-order valence-corrected chi connectivity index (χ4v) is 4.32. The van der Waals surface area contributed by atoms with Gasteiger partial charge in [0.25, 0.3) is 0 Å². The quantitative estimate of drug-likeness (QED) is 0.746. The first-order valence-electron chi connectivity index (χ1n) is 10.1. The summed E-state index contributed by atoms with van der Waals surface area (Å²) in [5.74, 6) is 0.798. The molecular weight excluding hydrogens is 380 g/mol. The summed E-state index contributed by atoms with van der Waals surface area (Å²) in [7, 11) is 1.67. The number of hydrogen-bond donors (Lipinski definition) is 1. The average Bonchev–Trinajstić information content (AvgIpc) is 3.24. The predicted molar refractivity (Wildman–Crippen MR) is 109 cm³/mol. The van der Waals surface area contributed by atoms with Crippen molar-refractivity contribution < 1.29 is 19.0 Å². The molecule has 6 nitrogen and oxygen atoms in total. The highest BCUT2D eigenvalue weighted by molar-refractivity contribution is 6.30. The fourth-order valence-electron chi connectivity index (χ4n) is 4.14. The molecule has 156 valence electrons. The highest BCUT2D eigenvalue weighted by Crippen LogP contribution is 2.40. The summed E-state index contributed by atoms with van der Waals surface area (Å²) in [6.07, 6.45) is 3.85. The van der Waals surface area contributed by atoms with Crippen LogP contribution in [0.25, 0.3) is 0 Å². The summed E-state index contributed by atoms with van der Waals surface area (Å²) in [4.78, 5) is 14.7. The van der Waals surface area contributed by atoms with Crippen LogP contribution in [0.1, 0.15) is 38.2 Å². The summed E-state index contributed by atoms with van der Waals surface area (Å²) in [5.41, 5.74) is 0.779. The zero-order valence-corrected chi connectivity index (χ0v) is 17.6. The number of rotatable bonds is 7. The molecule has 1 aromatic rings. The van der Waals surface area contributed by atoms with E-state index in [0.717, 1.165) is 43.6 Å². The summed E-state index contributed by atoms with van der Waals surface area (Å²) < 4.78 is 16.9. The van der Waals surface area contributed by atoms with Gasteiger partial charge >= 0.3 is 6.03 Å². The lowest BCUT2D eigenvalue weighted by Crippen LogP contribution is -2.50. The van der Waals surface area contributed by atoms with E-state index in [9.17, 15) is 4.79 Å². The number of urea groups is 1. The molecule has 0 saturated carbocycles. The van der Waals surface area contributed by atoms with Crippen LogP contribution in [-0.2, 0) is 14.9 Å².